The van der Waals surface area contributed by atoms with Crippen LogP contribution in [-0.4, -0.2) is 19.6 Å². The molecule has 0 aliphatic carbocycles. The molecule has 0 saturated carbocycles. The van der Waals surface area contributed by atoms with Crippen molar-refractivity contribution in [1.29, 1.82) is 5.26 Å². The summed E-state index contributed by atoms with van der Waals surface area (Å²) < 4.78 is 8.60. The van der Waals surface area contributed by atoms with Gasteiger partial charge in [0.05, 0.1) is 33.9 Å². The van der Waals surface area contributed by atoms with E-state index < -0.39 is 0 Å². The number of furan rings is 1. The predicted molar refractivity (Wildman–Crippen MR) is 206 cm³/mol. The smallest absolute Gasteiger partial charge is 0.149 e. The largest absolute Gasteiger partial charge is 0.507 e. The Labute approximate surface area is 297 Å². The van der Waals surface area contributed by atoms with Gasteiger partial charge in [-0.15, -0.1) is 0 Å². The van der Waals surface area contributed by atoms with Gasteiger partial charge >= 0.3 is 0 Å². The van der Waals surface area contributed by atoms with Gasteiger partial charge in [0.2, 0.25) is 0 Å². The first-order valence-electron chi connectivity index (χ1n) is 17.2. The molecular formula is C45H38N4O2. The second-order valence-electron chi connectivity index (χ2n) is 15.2. The van der Waals surface area contributed by atoms with Crippen LogP contribution in [-0.2, 0) is 10.8 Å². The fourth-order valence-electron chi connectivity index (χ4n) is 6.98. The van der Waals surface area contributed by atoms with Gasteiger partial charge in [-0.25, -0.2) is 4.98 Å². The van der Waals surface area contributed by atoms with Gasteiger partial charge in [-0.1, -0.05) is 96.1 Å². The van der Waals surface area contributed by atoms with E-state index in [1.54, 1.807) is 18.3 Å². The highest BCUT2D eigenvalue weighted by atomic mass is 16.3. The van der Waals surface area contributed by atoms with Crippen LogP contribution in [0.3, 0.4) is 0 Å². The Kier molecular flexibility index (Phi) is 7.36. The first kappa shape index (κ1) is 32.0. The molecule has 3 aromatic heterocycles. The van der Waals surface area contributed by atoms with Gasteiger partial charge < -0.3 is 9.52 Å². The molecule has 8 rings (SSSR count). The van der Waals surface area contributed by atoms with Crippen molar-refractivity contribution in [2.45, 2.75) is 52.4 Å². The van der Waals surface area contributed by atoms with Crippen molar-refractivity contribution in [1.82, 2.24) is 14.5 Å². The van der Waals surface area contributed by atoms with Gasteiger partial charge in [0.25, 0.3) is 0 Å². The predicted octanol–water partition coefficient (Wildman–Crippen LogP) is 11.5. The Morgan fingerprint density at radius 2 is 1.49 bits per heavy atom. The van der Waals surface area contributed by atoms with E-state index in [4.69, 9.17) is 9.40 Å². The van der Waals surface area contributed by atoms with Crippen molar-refractivity contribution in [2.75, 3.05) is 0 Å². The van der Waals surface area contributed by atoms with Gasteiger partial charge in [-0.2, -0.15) is 5.26 Å². The van der Waals surface area contributed by atoms with Gasteiger partial charge in [0.1, 0.15) is 22.7 Å². The summed E-state index contributed by atoms with van der Waals surface area (Å²) >= 11 is 0. The second kappa shape index (κ2) is 11.7. The van der Waals surface area contributed by atoms with E-state index >= 15 is 0 Å². The van der Waals surface area contributed by atoms with Crippen LogP contribution in [0.4, 0.5) is 0 Å². The third-order valence-electron chi connectivity index (χ3n) is 9.68. The molecule has 5 aromatic carbocycles. The molecule has 51 heavy (non-hydrogen) atoms. The van der Waals surface area contributed by atoms with E-state index in [2.05, 4.69) is 118 Å². The van der Waals surface area contributed by atoms with Crippen molar-refractivity contribution in [3.05, 3.63) is 132 Å². The normalized spacial score (nSPS) is 12.2. The SMILES string of the molecule is CC(C)(C)c1cc(-c2nc3c(-c4cc(-c5cc(C#N)ccn5)c5oc6ccccc6c5c4)cccc3n2-c2ccccc2)c(O)c(C(C)(C)C)c1. The Hall–Kier alpha value is -6.19. The quantitative estimate of drug-likeness (QED) is 0.202. The minimum atomic E-state index is -0.301. The number of fused-ring (bicyclic) bond motifs is 4. The zero-order chi connectivity index (χ0) is 35.7. The van der Waals surface area contributed by atoms with Gasteiger partial charge in [0.15, 0.2) is 0 Å². The molecule has 0 amide bonds. The van der Waals surface area contributed by atoms with Crippen molar-refractivity contribution in [2.24, 2.45) is 0 Å². The van der Waals surface area contributed by atoms with E-state index in [0.29, 0.717) is 28.2 Å². The van der Waals surface area contributed by atoms with E-state index in [1.165, 1.54) is 0 Å². The average Bonchev–Trinajstić information content (AvgIpc) is 3.69. The van der Waals surface area contributed by atoms with Crippen molar-refractivity contribution < 1.29 is 9.52 Å². The van der Waals surface area contributed by atoms with Crippen molar-refractivity contribution >= 4 is 33.0 Å². The van der Waals surface area contributed by atoms with Gasteiger partial charge in [0, 0.05) is 39.3 Å². The number of aromatic hydroxyl groups is 1. The van der Waals surface area contributed by atoms with Crippen LogP contribution in [0.2, 0.25) is 0 Å². The molecule has 0 unspecified atom stereocenters. The molecule has 3 heterocycles. The maximum atomic E-state index is 12.1. The van der Waals surface area contributed by atoms with E-state index in [0.717, 1.165) is 60.9 Å². The van der Waals surface area contributed by atoms with Crippen LogP contribution in [0.1, 0.15) is 58.2 Å². The van der Waals surface area contributed by atoms with Gasteiger partial charge in [-0.3, -0.25) is 9.55 Å². The molecule has 0 bridgehead atoms. The minimum absolute atomic E-state index is 0.159. The number of aromatic nitrogens is 3. The number of hydrogen-bond donors (Lipinski definition) is 1. The highest BCUT2D eigenvalue weighted by Crippen LogP contribution is 2.45. The number of benzene rings is 5. The van der Waals surface area contributed by atoms with E-state index in [9.17, 15) is 10.4 Å². The summed E-state index contributed by atoms with van der Waals surface area (Å²) in [6.45, 7) is 13.0. The molecule has 6 heteroatoms. The van der Waals surface area contributed by atoms with Crippen LogP contribution in [0, 0.1) is 11.3 Å². The molecule has 0 atom stereocenters. The molecule has 8 aromatic rings. The van der Waals surface area contributed by atoms with E-state index in [1.807, 2.05) is 36.4 Å². The lowest BCUT2D eigenvalue weighted by molar-refractivity contribution is 0.446. The second-order valence-corrected chi connectivity index (χ2v) is 15.2. The molecule has 0 fully saturated rings. The molecule has 6 nitrogen and oxygen atoms in total. The van der Waals surface area contributed by atoms with Crippen LogP contribution in [0.15, 0.2) is 120 Å². The maximum Gasteiger partial charge on any atom is 0.149 e. The Morgan fingerprint density at radius 1 is 0.725 bits per heavy atom. The first-order valence-corrected chi connectivity index (χ1v) is 17.2. The van der Waals surface area contributed by atoms with Crippen LogP contribution >= 0.6 is 0 Å². The number of hydrogen-bond acceptors (Lipinski definition) is 5. The Balaban J connectivity index is 1.47. The summed E-state index contributed by atoms with van der Waals surface area (Å²) in [4.78, 5) is 10.1. The van der Waals surface area contributed by atoms with Gasteiger partial charge in [-0.05, 0) is 76.6 Å². The average molecular weight is 667 g/mol. The third-order valence-corrected chi connectivity index (χ3v) is 9.68. The summed E-state index contributed by atoms with van der Waals surface area (Å²) in [7, 11) is 0. The Bertz CT molecular complexity index is 2680. The van der Waals surface area contributed by atoms with Crippen LogP contribution in [0.25, 0.3) is 72.4 Å². The topological polar surface area (TPSA) is 87.9 Å². The molecular weight excluding hydrogens is 629 g/mol. The summed E-state index contributed by atoms with van der Waals surface area (Å²) in [6, 6.07) is 38.7. The van der Waals surface area contributed by atoms with Crippen LogP contribution in [0.5, 0.6) is 5.75 Å². The number of para-hydroxylation sites is 3. The standard InChI is InChI=1S/C45H38N4O2/c1-44(2,3)29-24-35(41(50)36(25-29)45(4,5)6)43-48-40-31(16-12-17-38(40)49(43)30-13-8-7-9-14-30)28-22-33-32-15-10-11-18-39(32)51-42(33)34(23-28)37-21-27(26-46)19-20-47-37/h7-25,50H,1-6H3. The molecule has 250 valence electrons. The lowest BCUT2D eigenvalue weighted by atomic mass is 9.79. The fraction of sp³-hybridized carbons (Fsp3) is 0.178. The zero-order valence-electron chi connectivity index (χ0n) is 29.6. The van der Waals surface area contributed by atoms with Crippen LogP contribution < -0.4 is 0 Å². The molecule has 0 aliphatic heterocycles. The molecule has 1 N–H and O–H groups in total. The minimum Gasteiger partial charge on any atom is -0.507 e. The van der Waals surface area contributed by atoms with Crippen molar-refractivity contribution in [3.63, 3.8) is 0 Å². The number of imidazole rings is 1. The molecule has 0 saturated heterocycles. The third kappa shape index (κ3) is 5.43. The monoisotopic (exact) mass is 666 g/mol. The lowest BCUT2D eigenvalue weighted by Gasteiger charge is -2.27. The Morgan fingerprint density at radius 3 is 2.24 bits per heavy atom. The van der Waals surface area contributed by atoms with E-state index in [-0.39, 0.29) is 16.6 Å². The molecule has 0 spiro atoms. The number of nitriles is 1. The highest BCUT2D eigenvalue weighted by molar-refractivity contribution is 6.12. The summed E-state index contributed by atoms with van der Waals surface area (Å²) in [5.41, 5.74) is 10.2. The number of rotatable bonds is 4. The number of pyridine rings is 1. The fourth-order valence-corrected chi connectivity index (χ4v) is 6.98. The number of phenols is 1. The summed E-state index contributed by atoms with van der Waals surface area (Å²) in [5, 5.41) is 23.7. The molecule has 0 aliphatic rings. The summed E-state index contributed by atoms with van der Waals surface area (Å²) in [5.74, 6) is 0.901. The number of nitrogens with zero attached hydrogens (tertiary/aromatic N) is 4. The highest BCUT2D eigenvalue weighted by Gasteiger charge is 2.29. The number of phenolic OH excluding ortho intramolecular Hbond substituents is 1. The maximum absolute atomic E-state index is 12.1. The van der Waals surface area contributed by atoms with Crippen molar-refractivity contribution in [3.8, 4) is 51.3 Å². The lowest BCUT2D eigenvalue weighted by Crippen LogP contribution is -2.17. The first-order chi connectivity index (χ1) is 24.4. The molecule has 0 radical (unpaired) electrons. The summed E-state index contributed by atoms with van der Waals surface area (Å²) in [6.07, 6.45) is 1.66. The zero-order valence-corrected chi connectivity index (χ0v) is 29.6.